The fourth-order valence-electron chi connectivity index (χ4n) is 1.89. The highest BCUT2D eigenvalue weighted by atomic mass is 16.5. The van der Waals surface area contributed by atoms with Crippen LogP contribution in [0, 0.1) is 0 Å². The van der Waals surface area contributed by atoms with Crippen molar-refractivity contribution in [2.24, 2.45) is 0 Å². The molecule has 0 radical (unpaired) electrons. The van der Waals surface area contributed by atoms with E-state index < -0.39 is 0 Å². The quantitative estimate of drug-likeness (QED) is 0.840. The summed E-state index contributed by atoms with van der Waals surface area (Å²) in [6.07, 6.45) is 0.917. The predicted molar refractivity (Wildman–Crippen MR) is 66.8 cm³/mol. The number of aromatic nitrogens is 4. The number of hydrogen-bond donors (Lipinski definition) is 2. The molecule has 0 saturated heterocycles. The molecule has 19 heavy (non-hydrogen) atoms. The molecule has 2 heterocycles. The Morgan fingerprint density at radius 1 is 1.16 bits per heavy atom. The molecule has 1 aliphatic rings. The maximum atomic E-state index is 5.65. The Morgan fingerprint density at radius 2 is 2.05 bits per heavy atom. The topological polar surface area (TPSA) is 85.0 Å². The Hall–Kier alpha value is -2.15. The molecule has 3 rings (SSSR count). The molecule has 1 aromatic heterocycles. The van der Waals surface area contributed by atoms with Crippen LogP contribution in [0.25, 0.3) is 0 Å². The van der Waals surface area contributed by atoms with E-state index in [-0.39, 0.29) is 0 Å². The summed E-state index contributed by atoms with van der Waals surface area (Å²) in [4.78, 5) is 0. The smallest absolute Gasteiger partial charge is 0.188 e. The second-order valence-electron chi connectivity index (χ2n) is 4.26. The summed E-state index contributed by atoms with van der Waals surface area (Å²) < 4.78 is 11.2. The van der Waals surface area contributed by atoms with Crippen LogP contribution >= 0.6 is 0 Å². The maximum absolute atomic E-state index is 5.65. The third-order valence-electron chi connectivity index (χ3n) is 2.81. The molecule has 0 bridgehead atoms. The van der Waals surface area contributed by atoms with Gasteiger partial charge in [0.05, 0.1) is 19.8 Å². The van der Waals surface area contributed by atoms with Crippen LogP contribution in [0.3, 0.4) is 0 Å². The summed E-state index contributed by atoms with van der Waals surface area (Å²) in [7, 11) is 0. The molecule has 0 atom stereocenters. The van der Waals surface area contributed by atoms with Crippen molar-refractivity contribution in [3.63, 3.8) is 0 Å². The molecular weight excluding hydrogens is 246 g/mol. The molecule has 7 heteroatoms. The zero-order valence-corrected chi connectivity index (χ0v) is 10.4. The Labute approximate surface area is 110 Å². The molecule has 0 saturated carbocycles. The van der Waals surface area contributed by atoms with Crippen molar-refractivity contribution in [3.8, 4) is 11.5 Å². The van der Waals surface area contributed by atoms with E-state index in [0.29, 0.717) is 32.1 Å². The van der Waals surface area contributed by atoms with Crippen LogP contribution in [-0.4, -0.2) is 33.8 Å². The lowest BCUT2D eigenvalue weighted by Crippen LogP contribution is -2.13. The number of H-pyrrole nitrogens is 1. The fourth-order valence-corrected chi connectivity index (χ4v) is 1.89. The average molecular weight is 261 g/mol. The van der Waals surface area contributed by atoms with Gasteiger partial charge in [-0.3, -0.25) is 0 Å². The molecule has 0 aliphatic carbocycles. The largest absolute Gasteiger partial charge is 0.490 e. The van der Waals surface area contributed by atoms with E-state index in [0.717, 1.165) is 23.5 Å². The molecule has 0 spiro atoms. The summed E-state index contributed by atoms with van der Waals surface area (Å²) >= 11 is 0. The zero-order valence-electron chi connectivity index (χ0n) is 10.4. The first-order valence-electron chi connectivity index (χ1n) is 6.23. The van der Waals surface area contributed by atoms with E-state index in [1.54, 1.807) is 0 Å². The normalized spacial score (nSPS) is 14.1. The highest BCUT2D eigenvalue weighted by molar-refractivity contribution is 5.43. The lowest BCUT2D eigenvalue weighted by Gasteiger charge is -2.09. The van der Waals surface area contributed by atoms with Gasteiger partial charge in [0.1, 0.15) is 0 Å². The maximum Gasteiger partial charge on any atom is 0.188 e. The van der Waals surface area contributed by atoms with Crippen molar-refractivity contribution < 1.29 is 9.47 Å². The third-order valence-corrected chi connectivity index (χ3v) is 2.81. The lowest BCUT2D eigenvalue weighted by atomic mass is 10.2. The Balaban J connectivity index is 1.60. The Kier molecular flexibility index (Phi) is 3.55. The van der Waals surface area contributed by atoms with E-state index in [4.69, 9.17) is 9.47 Å². The highest BCUT2D eigenvalue weighted by Crippen LogP contribution is 2.30. The number of rotatable bonds is 4. The highest BCUT2D eigenvalue weighted by Gasteiger charge is 2.10. The molecule has 0 amide bonds. The SMILES string of the molecule is c1cc2c(cc1CNCc1nn[nH]n1)OCCCO2. The molecular formula is C12H15N5O2. The van der Waals surface area contributed by atoms with Crippen LogP contribution in [0.4, 0.5) is 0 Å². The van der Waals surface area contributed by atoms with Gasteiger partial charge in [-0.25, -0.2) is 0 Å². The number of ether oxygens (including phenoxy) is 2. The molecule has 100 valence electrons. The molecule has 2 N–H and O–H groups in total. The molecule has 0 unspecified atom stereocenters. The first kappa shape index (κ1) is 11.9. The monoisotopic (exact) mass is 261 g/mol. The predicted octanol–water partition coefficient (Wildman–Crippen LogP) is 0.651. The van der Waals surface area contributed by atoms with Crippen LogP contribution < -0.4 is 14.8 Å². The number of aromatic amines is 1. The Bertz CT molecular complexity index is 529. The van der Waals surface area contributed by atoms with Crippen LogP contribution in [0.1, 0.15) is 17.8 Å². The van der Waals surface area contributed by atoms with Crippen LogP contribution in [0.2, 0.25) is 0 Å². The van der Waals surface area contributed by atoms with Crippen molar-refractivity contribution >= 4 is 0 Å². The summed E-state index contributed by atoms with van der Waals surface area (Å²) in [5.74, 6) is 2.28. The van der Waals surface area contributed by atoms with Gasteiger partial charge in [-0.05, 0) is 17.7 Å². The number of nitrogens with one attached hydrogen (secondary N) is 2. The van der Waals surface area contributed by atoms with Crippen LogP contribution in [0.15, 0.2) is 18.2 Å². The standard InChI is InChI=1S/C12H15N5O2/c1-4-18-10-3-2-9(6-11(10)19-5-1)7-13-8-12-14-16-17-15-12/h2-3,6,13H,1,4-5,7-8H2,(H,14,15,16,17). The molecule has 7 nitrogen and oxygen atoms in total. The second-order valence-corrected chi connectivity index (χ2v) is 4.26. The van der Waals surface area contributed by atoms with Gasteiger partial charge in [0.15, 0.2) is 17.3 Å². The van der Waals surface area contributed by atoms with E-state index >= 15 is 0 Å². The van der Waals surface area contributed by atoms with Crippen molar-refractivity contribution in [3.05, 3.63) is 29.6 Å². The lowest BCUT2D eigenvalue weighted by molar-refractivity contribution is 0.297. The van der Waals surface area contributed by atoms with E-state index in [1.165, 1.54) is 0 Å². The number of nitrogens with zero attached hydrogens (tertiary/aromatic N) is 3. The van der Waals surface area contributed by atoms with Crippen molar-refractivity contribution in [1.82, 2.24) is 25.9 Å². The number of benzene rings is 1. The van der Waals surface area contributed by atoms with E-state index in [2.05, 4.69) is 25.9 Å². The minimum Gasteiger partial charge on any atom is -0.490 e. The minimum absolute atomic E-state index is 0.574. The number of fused-ring (bicyclic) bond motifs is 1. The van der Waals surface area contributed by atoms with Crippen LogP contribution in [0.5, 0.6) is 11.5 Å². The molecule has 2 aromatic rings. The van der Waals surface area contributed by atoms with Gasteiger partial charge >= 0.3 is 0 Å². The number of hydrogen-bond acceptors (Lipinski definition) is 6. The zero-order chi connectivity index (χ0) is 12.9. The molecule has 1 aromatic carbocycles. The van der Waals surface area contributed by atoms with Gasteiger partial charge in [-0.1, -0.05) is 11.3 Å². The number of tetrazole rings is 1. The second kappa shape index (κ2) is 5.66. The van der Waals surface area contributed by atoms with Gasteiger partial charge < -0.3 is 14.8 Å². The van der Waals surface area contributed by atoms with Crippen molar-refractivity contribution in [2.75, 3.05) is 13.2 Å². The molecule has 0 fully saturated rings. The van der Waals surface area contributed by atoms with Gasteiger partial charge in [0, 0.05) is 13.0 Å². The van der Waals surface area contributed by atoms with E-state index in [9.17, 15) is 0 Å². The van der Waals surface area contributed by atoms with Crippen molar-refractivity contribution in [1.29, 1.82) is 0 Å². The summed E-state index contributed by atoms with van der Waals surface area (Å²) in [5.41, 5.74) is 1.13. The van der Waals surface area contributed by atoms with Crippen molar-refractivity contribution in [2.45, 2.75) is 19.5 Å². The summed E-state index contributed by atoms with van der Waals surface area (Å²) in [6.45, 7) is 2.70. The first-order valence-corrected chi connectivity index (χ1v) is 6.23. The molecule has 1 aliphatic heterocycles. The first-order chi connectivity index (χ1) is 9.42. The average Bonchev–Trinajstić information content (AvgIpc) is 2.83. The Morgan fingerprint density at radius 3 is 2.89 bits per heavy atom. The van der Waals surface area contributed by atoms with Gasteiger partial charge in [-0.2, -0.15) is 5.21 Å². The van der Waals surface area contributed by atoms with Crippen LogP contribution in [-0.2, 0) is 13.1 Å². The fraction of sp³-hybridized carbons (Fsp3) is 0.417. The van der Waals surface area contributed by atoms with Gasteiger partial charge in [0.2, 0.25) is 0 Å². The third kappa shape index (κ3) is 3.00. The minimum atomic E-state index is 0.574. The van der Waals surface area contributed by atoms with Gasteiger partial charge in [-0.15, -0.1) is 10.2 Å². The van der Waals surface area contributed by atoms with Gasteiger partial charge in [0.25, 0.3) is 0 Å². The van der Waals surface area contributed by atoms with E-state index in [1.807, 2.05) is 18.2 Å². The summed E-state index contributed by atoms with van der Waals surface area (Å²) in [6, 6.07) is 5.98. The summed E-state index contributed by atoms with van der Waals surface area (Å²) in [5, 5.41) is 16.9.